The van der Waals surface area contributed by atoms with Crippen LogP contribution in [0, 0.1) is 20.8 Å². The van der Waals surface area contributed by atoms with Gasteiger partial charge in [-0.05, 0) is 63.4 Å². The first-order valence-electron chi connectivity index (χ1n) is 10.1. The first-order chi connectivity index (χ1) is 14.3. The summed E-state index contributed by atoms with van der Waals surface area (Å²) >= 11 is 1.56. The predicted octanol–water partition coefficient (Wildman–Crippen LogP) is 5.85. The maximum absolute atomic E-state index is 13.6. The molecule has 0 saturated carbocycles. The van der Waals surface area contributed by atoms with E-state index in [1.165, 1.54) is 11.1 Å². The van der Waals surface area contributed by atoms with Crippen LogP contribution in [0.5, 0.6) is 0 Å². The number of carbonyl (C=O) groups excluding carboxylic acids is 1. The van der Waals surface area contributed by atoms with Crippen molar-refractivity contribution in [3.8, 4) is 0 Å². The molecule has 0 bridgehead atoms. The number of carbonyl (C=O) groups is 1. The number of fused-ring (bicyclic) bond motifs is 1. The van der Waals surface area contributed by atoms with Gasteiger partial charge in [-0.1, -0.05) is 47.7 Å². The third-order valence-corrected chi connectivity index (χ3v) is 6.33. The second-order valence-corrected chi connectivity index (χ2v) is 8.99. The van der Waals surface area contributed by atoms with Gasteiger partial charge in [0, 0.05) is 11.7 Å². The molecule has 0 aliphatic carbocycles. The molecule has 0 atom stereocenters. The minimum Gasteiger partial charge on any atom is -0.278 e. The van der Waals surface area contributed by atoms with Crippen LogP contribution in [0.1, 0.15) is 52.8 Å². The molecule has 154 valence electrons. The number of amides is 1. The molecule has 0 fully saturated rings. The molecular formula is C24H26N4OS. The molecule has 0 unspecified atom stereocenters. The third-order valence-electron chi connectivity index (χ3n) is 5.10. The molecule has 0 radical (unpaired) electrons. The Bertz CT molecular complexity index is 1210. The molecular weight excluding hydrogens is 392 g/mol. The lowest BCUT2D eigenvalue weighted by Gasteiger charge is -2.19. The number of thiazole rings is 1. The van der Waals surface area contributed by atoms with Gasteiger partial charge in [-0.25, -0.2) is 4.98 Å². The van der Waals surface area contributed by atoms with E-state index in [0.29, 0.717) is 17.4 Å². The second-order valence-electron chi connectivity index (χ2n) is 8.01. The first-order valence-corrected chi connectivity index (χ1v) is 10.9. The Labute approximate surface area is 181 Å². The Hall–Kier alpha value is -2.99. The molecule has 1 amide bonds. The molecule has 6 heteroatoms. The zero-order chi connectivity index (χ0) is 21.4. The highest BCUT2D eigenvalue weighted by molar-refractivity contribution is 7.22. The van der Waals surface area contributed by atoms with Crippen molar-refractivity contribution in [3.05, 3.63) is 76.6 Å². The number of aromatic nitrogens is 3. The van der Waals surface area contributed by atoms with Crippen LogP contribution in [-0.4, -0.2) is 20.7 Å². The number of benzene rings is 2. The maximum Gasteiger partial charge on any atom is 0.280 e. The molecule has 5 nitrogen and oxygen atoms in total. The lowest BCUT2D eigenvalue weighted by atomic mass is 10.1. The summed E-state index contributed by atoms with van der Waals surface area (Å²) in [5.74, 6) is -0.130. The van der Waals surface area contributed by atoms with E-state index in [1.807, 2.05) is 48.0 Å². The molecule has 30 heavy (non-hydrogen) atoms. The predicted molar refractivity (Wildman–Crippen MR) is 123 cm³/mol. The monoisotopic (exact) mass is 418 g/mol. The number of rotatable bonds is 5. The molecule has 0 aliphatic rings. The van der Waals surface area contributed by atoms with Gasteiger partial charge in [0.25, 0.3) is 5.91 Å². The van der Waals surface area contributed by atoms with Crippen molar-refractivity contribution in [3.63, 3.8) is 0 Å². The molecule has 4 aromatic rings. The number of hydrogen-bond acceptors (Lipinski definition) is 4. The van der Waals surface area contributed by atoms with Crippen molar-refractivity contribution in [1.82, 2.24) is 14.8 Å². The fourth-order valence-electron chi connectivity index (χ4n) is 3.73. The lowest BCUT2D eigenvalue weighted by molar-refractivity contribution is 0.0979. The highest BCUT2D eigenvalue weighted by atomic mass is 32.1. The van der Waals surface area contributed by atoms with E-state index in [-0.39, 0.29) is 11.9 Å². The lowest BCUT2D eigenvalue weighted by Crippen LogP contribution is -2.30. The first kappa shape index (κ1) is 20.3. The van der Waals surface area contributed by atoms with Crippen molar-refractivity contribution in [2.24, 2.45) is 0 Å². The summed E-state index contributed by atoms with van der Waals surface area (Å²) in [6.45, 7) is 10.7. The summed E-state index contributed by atoms with van der Waals surface area (Å²) < 4.78 is 3.00. The fraction of sp³-hybridized carbons (Fsp3) is 0.292. The van der Waals surface area contributed by atoms with Gasteiger partial charge in [-0.3, -0.25) is 14.4 Å². The van der Waals surface area contributed by atoms with Crippen LogP contribution in [-0.2, 0) is 6.54 Å². The van der Waals surface area contributed by atoms with Crippen LogP contribution in [0.4, 0.5) is 5.13 Å². The van der Waals surface area contributed by atoms with E-state index >= 15 is 0 Å². The van der Waals surface area contributed by atoms with Gasteiger partial charge in [0.2, 0.25) is 0 Å². The standard InChI is InChI=1S/C24H26N4OS/c1-15(2)28-18(5)13-21(26-28)23(29)27(14-19-9-7-6-8-10-19)24-25-20-12-16(3)11-17(4)22(20)30-24/h6-13,15H,14H2,1-5H3. The average molecular weight is 419 g/mol. The van der Waals surface area contributed by atoms with Gasteiger partial charge in [0.15, 0.2) is 10.8 Å². The van der Waals surface area contributed by atoms with E-state index in [1.54, 1.807) is 16.2 Å². The highest BCUT2D eigenvalue weighted by Gasteiger charge is 2.25. The van der Waals surface area contributed by atoms with E-state index in [4.69, 9.17) is 4.98 Å². The van der Waals surface area contributed by atoms with Gasteiger partial charge in [0.05, 0.1) is 16.8 Å². The molecule has 2 aromatic carbocycles. The molecule has 0 spiro atoms. The summed E-state index contributed by atoms with van der Waals surface area (Å²) in [6.07, 6.45) is 0. The minimum atomic E-state index is -0.130. The summed E-state index contributed by atoms with van der Waals surface area (Å²) in [5, 5.41) is 5.28. The molecule has 0 aliphatic heterocycles. The quantitative estimate of drug-likeness (QED) is 0.409. The van der Waals surface area contributed by atoms with Gasteiger partial charge in [-0.15, -0.1) is 0 Å². The Morgan fingerprint density at radius 1 is 1.10 bits per heavy atom. The van der Waals surface area contributed by atoms with Gasteiger partial charge in [0.1, 0.15) is 0 Å². The summed E-state index contributed by atoms with van der Waals surface area (Å²) in [5.41, 5.74) is 5.76. The van der Waals surface area contributed by atoms with Crippen LogP contribution < -0.4 is 4.90 Å². The topological polar surface area (TPSA) is 51.0 Å². The SMILES string of the molecule is Cc1cc(C)c2sc(N(Cc3ccccc3)C(=O)c3cc(C)n(C(C)C)n3)nc2c1. The summed E-state index contributed by atoms with van der Waals surface area (Å²) in [7, 11) is 0. The van der Waals surface area contributed by atoms with Crippen molar-refractivity contribution in [1.29, 1.82) is 0 Å². The zero-order valence-electron chi connectivity index (χ0n) is 18.0. The van der Waals surface area contributed by atoms with Gasteiger partial charge in [-0.2, -0.15) is 5.10 Å². The van der Waals surface area contributed by atoms with Crippen molar-refractivity contribution in [2.75, 3.05) is 4.90 Å². The Kier molecular flexibility index (Phi) is 5.43. The van der Waals surface area contributed by atoms with Crippen molar-refractivity contribution >= 4 is 32.6 Å². The third kappa shape index (κ3) is 3.87. The van der Waals surface area contributed by atoms with Crippen molar-refractivity contribution < 1.29 is 4.79 Å². The highest BCUT2D eigenvalue weighted by Crippen LogP contribution is 2.33. The Balaban J connectivity index is 1.79. The van der Waals surface area contributed by atoms with E-state index < -0.39 is 0 Å². The van der Waals surface area contributed by atoms with Crippen LogP contribution in [0.2, 0.25) is 0 Å². The average Bonchev–Trinajstić information content (AvgIpc) is 3.30. The molecule has 0 saturated heterocycles. The van der Waals surface area contributed by atoms with Gasteiger partial charge >= 0.3 is 0 Å². The summed E-state index contributed by atoms with van der Waals surface area (Å²) in [6, 6.07) is 16.3. The molecule has 0 N–H and O–H groups in total. The normalized spacial score (nSPS) is 11.4. The smallest absolute Gasteiger partial charge is 0.278 e. The van der Waals surface area contributed by atoms with Crippen molar-refractivity contribution in [2.45, 2.75) is 47.2 Å². The summed E-state index contributed by atoms with van der Waals surface area (Å²) in [4.78, 5) is 20.2. The minimum absolute atomic E-state index is 0.130. The number of anilines is 1. The van der Waals surface area contributed by atoms with E-state index in [2.05, 4.69) is 44.9 Å². The molecule has 2 aromatic heterocycles. The number of nitrogens with zero attached hydrogens (tertiary/aromatic N) is 4. The van der Waals surface area contributed by atoms with Crippen LogP contribution in [0.3, 0.4) is 0 Å². The molecule has 4 rings (SSSR count). The molecule has 2 heterocycles. The van der Waals surface area contributed by atoms with Crippen LogP contribution in [0.25, 0.3) is 10.2 Å². The number of aryl methyl sites for hydroxylation is 3. The van der Waals surface area contributed by atoms with E-state index in [9.17, 15) is 4.79 Å². The zero-order valence-corrected chi connectivity index (χ0v) is 18.8. The van der Waals surface area contributed by atoms with Crippen LogP contribution in [0.15, 0.2) is 48.5 Å². The maximum atomic E-state index is 13.6. The Morgan fingerprint density at radius 2 is 1.83 bits per heavy atom. The Morgan fingerprint density at radius 3 is 2.50 bits per heavy atom. The van der Waals surface area contributed by atoms with Crippen LogP contribution >= 0.6 is 11.3 Å². The fourth-order valence-corrected chi connectivity index (χ4v) is 4.74. The second kappa shape index (κ2) is 8.03. The largest absolute Gasteiger partial charge is 0.280 e. The van der Waals surface area contributed by atoms with E-state index in [0.717, 1.165) is 21.5 Å². The van der Waals surface area contributed by atoms with Gasteiger partial charge < -0.3 is 0 Å². The number of hydrogen-bond donors (Lipinski definition) is 0.